The maximum absolute atomic E-state index is 12.6. The summed E-state index contributed by atoms with van der Waals surface area (Å²) in [6.45, 7) is 0. The van der Waals surface area contributed by atoms with Crippen LogP contribution in [0.15, 0.2) is 18.2 Å². The molecule has 1 aliphatic carbocycles. The molecule has 1 saturated carbocycles. The molecule has 0 aromatic heterocycles. The molecule has 1 fully saturated rings. The summed E-state index contributed by atoms with van der Waals surface area (Å²) in [5.41, 5.74) is -2.84. The summed E-state index contributed by atoms with van der Waals surface area (Å²) in [5, 5.41) is 19.0. The van der Waals surface area contributed by atoms with Crippen molar-refractivity contribution >= 4 is 0 Å². The first kappa shape index (κ1) is 10.3. The Hall–Kier alpha value is -1.23. The average Bonchev–Trinajstić information content (AvgIpc) is 2.82. The van der Waals surface area contributed by atoms with E-state index in [9.17, 15) is 23.4 Å². The van der Waals surface area contributed by atoms with Gasteiger partial charge in [0.15, 0.2) is 0 Å². The molecule has 0 bridgehead atoms. The topological polar surface area (TPSA) is 40.5 Å². The van der Waals surface area contributed by atoms with Gasteiger partial charge >= 0.3 is 6.18 Å². The van der Waals surface area contributed by atoms with Crippen LogP contribution in [0.2, 0.25) is 0 Å². The summed E-state index contributed by atoms with van der Waals surface area (Å²) in [5.74, 6) is -0.496. The lowest BCUT2D eigenvalue weighted by Gasteiger charge is -2.17. The summed E-state index contributed by atoms with van der Waals surface area (Å²) < 4.78 is 37.7. The molecule has 0 amide bonds. The van der Waals surface area contributed by atoms with Crippen molar-refractivity contribution in [3.05, 3.63) is 29.3 Å². The van der Waals surface area contributed by atoms with Crippen LogP contribution in [0, 0.1) is 0 Å². The van der Waals surface area contributed by atoms with E-state index in [-0.39, 0.29) is 12.8 Å². The van der Waals surface area contributed by atoms with Crippen LogP contribution in [0.3, 0.4) is 0 Å². The van der Waals surface area contributed by atoms with Crippen LogP contribution in [0.5, 0.6) is 5.75 Å². The Kier molecular flexibility index (Phi) is 1.98. The van der Waals surface area contributed by atoms with Gasteiger partial charge in [0.2, 0.25) is 0 Å². The number of phenols is 1. The van der Waals surface area contributed by atoms with E-state index in [4.69, 9.17) is 0 Å². The van der Waals surface area contributed by atoms with Crippen LogP contribution < -0.4 is 0 Å². The molecule has 82 valence electrons. The van der Waals surface area contributed by atoms with E-state index >= 15 is 0 Å². The Bertz CT molecular complexity index is 394. The maximum Gasteiger partial charge on any atom is 0.416 e. The SMILES string of the molecule is Oc1cccc(C(F)(F)F)c1C1(O)CC1. The first-order chi connectivity index (χ1) is 6.84. The number of phenolic OH excluding ortho intramolecular Hbond substituents is 1. The smallest absolute Gasteiger partial charge is 0.416 e. The number of halogens is 3. The standard InChI is InChI=1S/C10H9F3O2/c11-10(12,13)6-2-1-3-7(14)8(6)9(15)4-5-9/h1-3,14-15H,4-5H2. The van der Waals surface area contributed by atoms with Gasteiger partial charge in [-0.15, -0.1) is 0 Å². The molecular weight excluding hydrogens is 209 g/mol. The van der Waals surface area contributed by atoms with E-state index in [2.05, 4.69) is 0 Å². The highest BCUT2D eigenvalue weighted by atomic mass is 19.4. The van der Waals surface area contributed by atoms with Gasteiger partial charge < -0.3 is 10.2 Å². The van der Waals surface area contributed by atoms with Crippen molar-refractivity contribution in [3.8, 4) is 5.75 Å². The van der Waals surface area contributed by atoms with Crippen LogP contribution in [0.1, 0.15) is 24.0 Å². The molecule has 5 heteroatoms. The third-order valence-corrected chi connectivity index (χ3v) is 2.54. The maximum atomic E-state index is 12.6. The number of aromatic hydroxyl groups is 1. The van der Waals surface area contributed by atoms with E-state index in [0.29, 0.717) is 0 Å². The molecule has 2 N–H and O–H groups in total. The Morgan fingerprint density at radius 2 is 1.80 bits per heavy atom. The third kappa shape index (κ3) is 1.67. The van der Waals surface area contributed by atoms with Crippen LogP contribution in [-0.2, 0) is 11.8 Å². The van der Waals surface area contributed by atoms with Crippen molar-refractivity contribution in [1.29, 1.82) is 0 Å². The molecule has 15 heavy (non-hydrogen) atoms. The summed E-state index contributed by atoms with van der Waals surface area (Å²) in [6, 6.07) is 3.14. The van der Waals surface area contributed by atoms with E-state index < -0.39 is 28.7 Å². The van der Waals surface area contributed by atoms with E-state index in [1.165, 1.54) is 0 Å². The van der Waals surface area contributed by atoms with Gasteiger partial charge in [-0.05, 0) is 25.0 Å². The van der Waals surface area contributed by atoms with E-state index in [0.717, 1.165) is 18.2 Å². The Morgan fingerprint density at radius 3 is 2.27 bits per heavy atom. The zero-order valence-corrected chi connectivity index (χ0v) is 7.67. The lowest BCUT2D eigenvalue weighted by atomic mass is 9.99. The predicted octanol–water partition coefficient (Wildman–Crippen LogP) is 2.39. The van der Waals surface area contributed by atoms with Gasteiger partial charge in [-0.1, -0.05) is 6.07 Å². The highest BCUT2D eigenvalue weighted by Gasteiger charge is 2.49. The molecule has 0 spiro atoms. The van der Waals surface area contributed by atoms with E-state index in [1.54, 1.807) is 0 Å². The lowest BCUT2D eigenvalue weighted by Crippen LogP contribution is -2.15. The lowest BCUT2D eigenvalue weighted by molar-refractivity contribution is -0.139. The quantitative estimate of drug-likeness (QED) is 0.759. The molecule has 0 aliphatic heterocycles. The van der Waals surface area contributed by atoms with Gasteiger partial charge in [0.05, 0.1) is 11.2 Å². The van der Waals surface area contributed by atoms with Gasteiger partial charge in [0.25, 0.3) is 0 Å². The zero-order valence-electron chi connectivity index (χ0n) is 7.67. The molecular formula is C10H9F3O2. The molecule has 2 nitrogen and oxygen atoms in total. The number of benzene rings is 1. The second-order valence-corrected chi connectivity index (χ2v) is 3.73. The van der Waals surface area contributed by atoms with Crippen molar-refractivity contribution in [2.45, 2.75) is 24.6 Å². The molecule has 2 rings (SSSR count). The Morgan fingerprint density at radius 1 is 1.20 bits per heavy atom. The van der Waals surface area contributed by atoms with Crippen LogP contribution in [0.25, 0.3) is 0 Å². The van der Waals surface area contributed by atoms with Gasteiger partial charge in [0.1, 0.15) is 5.75 Å². The molecule has 1 aliphatic rings. The second kappa shape index (κ2) is 2.88. The average molecular weight is 218 g/mol. The fourth-order valence-electron chi connectivity index (χ4n) is 1.63. The summed E-state index contributed by atoms with van der Waals surface area (Å²) in [6.07, 6.45) is -4.03. The Labute approximate surface area is 84.0 Å². The summed E-state index contributed by atoms with van der Waals surface area (Å²) >= 11 is 0. The van der Waals surface area contributed by atoms with Crippen molar-refractivity contribution < 1.29 is 23.4 Å². The molecule has 0 heterocycles. The van der Waals surface area contributed by atoms with Gasteiger partial charge in [-0.3, -0.25) is 0 Å². The highest BCUT2D eigenvalue weighted by molar-refractivity contribution is 5.47. The highest BCUT2D eigenvalue weighted by Crippen LogP contribution is 2.52. The first-order valence-electron chi connectivity index (χ1n) is 4.47. The minimum Gasteiger partial charge on any atom is -0.508 e. The molecule has 0 radical (unpaired) electrons. The molecule has 0 atom stereocenters. The summed E-state index contributed by atoms with van der Waals surface area (Å²) in [7, 11) is 0. The van der Waals surface area contributed by atoms with Crippen LogP contribution in [-0.4, -0.2) is 10.2 Å². The van der Waals surface area contributed by atoms with Crippen molar-refractivity contribution in [3.63, 3.8) is 0 Å². The number of aliphatic hydroxyl groups is 1. The normalized spacial score (nSPS) is 18.9. The minimum atomic E-state index is -4.55. The predicted molar refractivity (Wildman–Crippen MR) is 46.2 cm³/mol. The second-order valence-electron chi connectivity index (χ2n) is 3.73. The van der Waals surface area contributed by atoms with Crippen molar-refractivity contribution in [2.24, 2.45) is 0 Å². The van der Waals surface area contributed by atoms with Gasteiger partial charge in [0, 0.05) is 5.56 Å². The fraction of sp³-hybridized carbons (Fsp3) is 0.400. The van der Waals surface area contributed by atoms with Crippen molar-refractivity contribution in [2.75, 3.05) is 0 Å². The molecule has 1 aromatic rings. The van der Waals surface area contributed by atoms with Gasteiger partial charge in [-0.2, -0.15) is 13.2 Å². The van der Waals surface area contributed by atoms with Crippen LogP contribution >= 0.6 is 0 Å². The third-order valence-electron chi connectivity index (χ3n) is 2.54. The number of alkyl halides is 3. The number of hydrogen-bond acceptors (Lipinski definition) is 2. The largest absolute Gasteiger partial charge is 0.508 e. The summed E-state index contributed by atoms with van der Waals surface area (Å²) in [4.78, 5) is 0. The number of hydrogen-bond donors (Lipinski definition) is 2. The van der Waals surface area contributed by atoms with Gasteiger partial charge in [-0.25, -0.2) is 0 Å². The minimum absolute atomic E-state index is 0.258. The Balaban J connectivity index is 2.60. The van der Waals surface area contributed by atoms with Crippen LogP contribution in [0.4, 0.5) is 13.2 Å². The molecule has 0 saturated heterocycles. The zero-order chi connectivity index (χ0) is 11.3. The molecule has 1 aromatic carbocycles. The number of rotatable bonds is 1. The van der Waals surface area contributed by atoms with E-state index in [1.807, 2.05) is 0 Å². The fourth-order valence-corrected chi connectivity index (χ4v) is 1.63. The first-order valence-corrected chi connectivity index (χ1v) is 4.47. The van der Waals surface area contributed by atoms with Crippen molar-refractivity contribution in [1.82, 2.24) is 0 Å². The monoisotopic (exact) mass is 218 g/mol. The molecule has 0 unspecified atom stereocenters.